The molecule has 0 aromatic heterocycles. The van der Waals surface area contributed by atoms with Crippen LogP contribution in [-0.2, 0) is 26.2 Å². The number of hydrogen-bond acceptors (Lipinski definition) is 4. The first-order valence-corrected chi connectivity index (χ1v) is 14.7. The third-order valence-corrected chi connectivity index (χ3v) is 8.33. The number of nitrogens with one attached hydrogen (secondary N) is 1. The monoisotopic (exact) mass is 599 g/mol. The maximum absolute atomic E-state index is 14.0. The zero-order chi connectivity index (χ0) is 27.9. The highest BCUT2D eigenvalue weighted by Crippen LogP contribution is 2.26. The van der Waals surface area contributed by atoms with Crippen molar-refractivity contribution in [2.45, 2.75) is 57.6 Å². The highest BCUT2D eigenvalue weighted by atomic mass is 79.9. The molecule has 3 aromatic carbocycles. The molecule has 1 unspecified atom stereocenters. The molecular weight excluding hydrogens is 566 g/mol. The van der Waals surface area contributed by atoms with Gasteiger partial charge in [0.2, 0.25) is 11.8 Å². The summed E-state index contributed by atoms with van der Waals surface area (Å²) in [5.41, 5.74) is 2.27. The summed E-state index contributed by atoms with van der Waals surface area (Å²) in [6.45, 7) is 7.24. The van der Waals surface area contributed by atoms with Crippen LogP contribution in [0.5, 0.6) is 0 Å². The van der Waals surface area contributed by atoms with Gasteiger partial charge in [0.1, 0.15) is 12.6 Å². The van der Waals surface area contributed by atoms with Gasteiger partial charge in [-0.2, -0.15) is 0 Å². The van der Waals surface area contributed by atoms with Crippen LogP contribution in [0, 0.1) is 6.92 Å². The Kier molecular flexibility index (Phi) is 10.1. The molecule has 2 amide bonds. The molecule has 7 nitrogen and oxygen atoms in total. The van der Waals surface area contributed by atoms with Crippen LogP contribution in [-0.4, -0.2) is 43.8 Å². The van der Waals surface area contributed by atoms with Crippen LogP contribution in [0.2, 0.25) is 0 Å². The molecule has 9 heteroatoms. The van der Waals surface area contributed by atoms with Crippen molar-refractivity contribution in [2.24, 2.45) is 0 Å². The van der Waals surface area contributed by atoms with E-state index in [1.807, 2.05) is 52.0 Å². The summed E-state index contributed by atoms with van der Waals surface area (Å²) in [6.07, 6.45) is 0.375. The highest BCUT2D eigenvalue weighted by molar-refractivity contribution is 9.10. The molecule has 0 aliphatic heterocycles. The number of benzene rings is 3. The lowest BCUT2D eigenvalue weighted by Gasteiger charge is -2.33. The lowest BCUT2D eigenvalue weighted by atomic mass is 10.1. The minimum absolute atomic E-state index is 0.0744. The molecule has 0 bridgehead atoms. The first-order chi connectivity index (χ1) is 18.0. The Morgan fingerprint density at radius 2 is 1.53 bits per heavy atom. The molecular formula is C29H34BrN3O4S. The SMILES string of the molecule is CCC(C(=O)NC(C)C)N(Cc1ccc(C)cc1)C(=O)CN(c1ccc(Br)cc1)S(=O)(=O)c1ccccc1. The summed E-state index contributed by atoms with van der Waals surface area (Å²) < 4.78 is 29.4. The molecule has 0 saturated heterocycles. The summed E-state index contributed by atoms with van der Waals surface area (Å²) >= 11 is 3.38. The van der Waals surface area contributed by atoms with Crippen molar-refractivity contribution in [3.8, 4) is 0 Å². The maximum atomic E-state index is 14.0. The van der Waals surface area contributed by atoms with Crippen LogP contribution in [0.15, 0.2) is 88.2 Å². The van der Waals surface area contributed by atoms with Gasteiger partial charge >= 0.3 is 0 Å². The minimum Gasteiger partial charge on any atom is -0.352 e. The average molecular weight is 601 g/mol. The number of aryl methyl sites for hydroxylation is 1. The summed E-state index contributed by atoms with van der Waals surface area (Å²) in [6, 6.07) is 21.6. The molecule has 3 rings (SSSR count). The fraction of sp³-hybridized carbons (Fsp3) is 0.310. The van der Waals surface area contributed by atoms with Crippen LogP contribution < -0.4 is 9.62 Å². The molecule has 1 N–H and O–H groups in total. The van der Waals surface area contributed by atoms with Crippen molar-refractivity contribution >= 4 is 43.5 Å². The third kappa shape index (κ3) is 7.45. The van der Waals surface area contributed by atoms with E-state index in [1.54, 1.807) is 42.5 Å². The number of carbonyl (C=O) groups is 2. The Hall–Kier alpha value is -3.17. The molecule has 1 atom stereocenters. The van der Waals surface area contributed by atoms with E-state index < -0.39 is 28.5 Å². The van der Waals surface area contributed by atoms with Crippen molar-refractivity contribution in [1.82, 2.24) is 10.2 Å². The van der Waals surface area contributed by atoms with Gasteiger partial charge in [0.15, 0.2) is 0 Å². The van der Waals surface area contributed by atoms with Gasteiger partial charge < -0.3 is 10.2 Å². The maximum Gasteiger partial charge on any atom is 0.264 e. The minimum atomic E-state index is -4.08. The number of hydrogen-bond donors (Lipinski definition) is 1. The van der Waals surface area contributed by atoms with Gasteiger partial charge in [-0.25, -0.2) is 8.42 Å². The van der Waals surface area contributed by atoms with Crippen LogP contribution in [0.25, 0.3) is 0 Å². The van der Waals surface area contributed by atoms with E-state index in [9.17, 15) is 18.0 Å². The van der Waals surface area contributed by atoms with Crippen LogP contribution in [0.3, 0.4) is 0 Å². The number of rotatable bonds is 11. The molecule has 0 aliphatic carbocycles. The second-order valence-electron chi connectivity index (χ2n) is 9.40. The molecule has 0 spiro atoms. The van der Waals surface area contributed by atoms with Gasteiger partial charge in [-0.05, 0) is 69.2 Å². The quantitative estimate of drug-likeness (QED) is 0.324. The molecule has 0 heterocycles. The molecule has 0 radical (unpaired) electrons. The van der Waals surface area contributed by atoms with Gasteiger partial charge in [-0.15, -0.1) is 0 Å². The first kappa shape index (κ1) is 29.4. The van der Waals surface area contributed by atoms with Crippen molar-refractivity contribution in [3.05, 3.63) is 94.5 Å². The van der Waals surface area contributed by atoms with Crippen molar-refractivity contribution in [3.63, 3.8) is 0 Å². The van der Waals surface area contributed by atoms with Crippen LogP contribution in [0.1, 0.15) is 38.3 Å². The fourth-order valence-corrected chi connectivity index (χ4v) is 5.75. The van der Waals surface area contributed by atoms with Gasteiger partial charge in [0.25, 0.3) is 10.0 Å². The van der Waals surface area contributed by atoms with E-state index in [1.165, 1.54) is 17.0 Å². The normalized spacial score (nSPS) is 12.2. The van der Waals surface area contributed by atoms with E-state index in [2.05, 4.69) is 21.2 Å². The molecule has 202 valence electrons. The standard InChI is InChI=1S/C29H34BrN3O4S/c1-5-27(29(35)31-21(2)3)32(19-23-13-11-22(4)12-14-23)28(34)20-33(25-17-15-24(30)16-18-25)38(36,37)26-9-7-6-8-10-26/h6-18,21,27H,5,19-20H2,1-4H3,(H,31,35). The summed E-state index contributed by atoms with van der Waals surface area (Å²) in [5.74, 6) is -0.747. The summed E-state index contributed by atoms with van der Waals surface area (Å²) in [5, 5.41) is 2.90. The lowest BCUT2D eigenvalue weighted by Crippen LogP contribution is -2.53. The van der Waals surface area contributed by atoms with E-state index in [4.69, 9.17) is 0 Å². The lowest BCUT2D eigenvalue weighted by molar-refractivity contribution is -0.140. The van der Waals surface area contributed by atoms with E-state index in [-0.39, 0.29) is 23.4 Å². The topological polar surface area (TPSA) is 86.8 Å². The van der Waals surface area contributed by atoms with Crippen molar-refractivity contribution in [1.29, 1.82) is 0 Å². The largest absolute Gasteiger partial charge is 0.352 e. The second kappa shape index (κ2) is 13.1. The average Bonchev–Trinajstić information content (AvgIpc) is 2.89. The Labute approximate surface area is 234 Å². The molecule has 0 aliphatic rings. The van der Waals surface area contributed by atoms with Crippen LogP contribution >= 0.6 is 15.9 Å². The van der Waals surface area contributed by atoms with E-state index in [0.717, 1.165) is 19.9 Å². The molecule has 0 saturated carbocycles. The Morgan fingerprint density at radius 1 is 0.921 bits per heavy atom. The summed E-state index contributed by atoms with van der Waals surface area (Å²) in [4.78, 5) is 28.7. The van der Waals surface area contributed by atoms with Gasteiger partial charge in [0.05, 0.1) is 10.6 Å². The van der Waals surface area contributed by atoms with Gasteiger partial charge in [0, 0.05) is 17.1 Å². The number of sulfonamides is 1. The third-order valence-electron chi connectivity index (χ3n) is 6.02. The number of halogens is 1. The zero-order valence-electron chi connectivity index (χ0n) is 22.1. The van der Waals surface area contributed by atoms with E-state index in [0.29, 0.717) is 12.1 Å². The van der Waals surface area contributed by atoms with Crippen molar-refractivity contribution < 1.29 is 18.0 Å². The number of amides is 2. The number of carbonyl (C=O) groups excluding carboxylic acids is 2. The Bertz CT molecular complexity index is 1330. The van der Waals surface area contributed by atoms with E-state index >= 15 is 0 Å². The van der Waals surface area contributed by atoms with Crippen molar-refractivity contribution in [2.75, 3.05) is 10.8 Å². The highest BCUT2D eigenvalue weighted by Gasteiger charge is 2.33. The first-order valence-electron chi connectivity index (χ1n) is 12.5. The molecule has 0 fully saturated rings. The fourth-order valence-electron chi connectivity index (χ4n) is 4.05. The molecule has 38 heavy (non-hydrogen) atoms. The second-order valence-corrected chi connectivity index (χ2v) is 12.2. The number of anilines is 1. The van der Waals surface area contributed by atoms with Gasteiger partial charge in [-0.1, -0.05) is 70.9 Å². The van der Waals surface area contributed by atoms with Gasteiger partial charge in [-0.3, -0.25) is 13.9 Å². The van der Waals surface area contributed by atoms with Crippen LogP contribution in [0.4, 0.5) is 5.69 Å². The Balaban J connectivity index is 2.04. The summed E-state index contributed by atoms with van der Waals surface area (Å²) in [7, 11) is -4.08. The Morgan fingerprint density at radius 3 is 2.08 bits per heavy atom. The predicted octanol–water partition coefficient (Wildman–Crippen LogP) is 5.28. The number of nitrogens with zero attached hydrogens (tertiary/aromatic N) is 2. The predicted molar refractivity (Wildman–Crippen MR) is 154 cm³/mol. The smallest absolute Gasteiger partial charge is 0.264 e. The molecule has 3 aromatic rings. The zero-order valence-corrected chi connectivity index (χ0v) is 24.5.